The topological polar surface area (TPSA) is 69.7 Å². The number of aryl methyl sites for hydroxylation is 1. The number of hydrogen-bond donors (Lipinski definition) is 1. The summed E-state index contributed by atoms with van der Waals surface area (Å²) < 4.78 is 26.9. The number of amides is 1. The normalized spacial score (nSPS) is 15.7. The SMILES string of the molecule is Cc1sc(Br)cc1S(=O)(=O)N(C)CC(=O)N1CCNCC1.Cl. The Hall–Kier alpha value is -0.190. The van der Waals surface area contributed by atoms with Crippen molar-refractivity contribution in [1.29, 1.82) is 0 Å². The molecule has 0 radical (unpaired) electrons. The van der Waals surface area contributed by atoms with Gasteiger partial charge in [0.1, 0.15) is 0 Å². The highest BCUT2D eigenvalue weighted by molar-refractivity contribution is 9.11. The molecule has 0 bridgehead atoms. The average molecular weight is 433 g/mol. The Labute approximate surface area is 149 Å². The Morgan fingerprint density at radius 2 is 2.05 bits per heavy atom. The fourth-order valence-corrected chi connectivity index (χ4v) is 5.64. The second-order valence-electron chi connectivity index (χ2n) is 4.86. The molecule has 0 aromatic carbocycles. The molecule has 10 heteroatoms. The first-order chi connectivity index (χ1) is 9.82. The fraction of sp³-hybridized carbons (Fsp3) is 0.583. The van der Waals surface area contributed by atoms with Gasteiger partial charge in [0.05, 0.1) is 15.2 Å². The third kappa shape index (κ3) is 4.42. The molecule has 0 spiro atoms. The monoisotopic (exact) mass is 431 g/mol. The quantitative estimate of drug-likeness (QED) is 0.778. The number of piperazine rings is 1. The van der Waals surface area contributed by atoms with Gasteiger partial charge in [0.25, 0.3) is 0 Å². The van der Waals surface area contributed by atoms with Crippen LogP contribution in [0, 0.1) is 6.92 Å². The van der Waals surface area contributed by atoms with E-state index in [9.17, 15) is 13.2 Å². The molecule has 0 atom stereocenters. The molecular formula is C12H19BrClN3O3S2. The number of thiophene rings is 1. The van der Waals surface area contributed by atoms with E-state index in [4.69, 9.17) is 0 Å². The van der Waals surface area contributed by atoms with Crippen LogP contribution in [0.2, 0.25) is 0 Å². The lowest BCUT2D eigenvalue weighted by Gasteiger charge is -2.29. The van der Waals surface area contributed by atoms with Gasteiger partial charge in [-0.25, -0.2) is 8.42 Å². The maximum absolute atomic E-state index is 12.5. The standard InChI is InChI=1S/C12H18BrN3O3S2.ClH/c1-9-10(7-11(13)20-9)21(18,19)15(2)8-12(17)16-5-3-14-4-6-16;/h7,14H,3-6,8H2,1-2H3;1H. The zero-order valence-electron chi connectivity index (χ0n) is 12.3. The summed E-state index contributed by atoms with van der Waals surface area (Å²) in [6, 6.07) is 1.58. The van der Waals surface area contributed by atoms with Crippen LogP contribution < -0.4 is 5.32 Å². The van der Waals surface area contributed by atoms with E-state index >= 15 is 0 Å². The number of nitrogens with zero attached hydrogens (tertiary/aromatic N) is 2. The lowest BCUT2D eigenvalue weighted by atomic mass is 10.3. The van der Waals surface area contributed by atoms with Gasteiger partial charge in [-0.05, 0) is 28.9 Å². The van der Waals surface area contributed by atoms with Crippen molar-refractivity contribution in [3.05, 3.63) is 14.7 Å². The second kappa shape index (κ2) is 8.07. The molecule has 0 unspecified atom stereocenters. The van der Waals surface area contributed by atoms with Gasteiger partial charge in [-0.2, -0.15) is 4.31 Å². The molecule has 0 aliphatic carbocycles. The summed E-state index contributed by atoms with van der Waals surface area (Å²) in [6.07, 6.45) is 0. The predicted octanol–water partition coefficient (Wildman–Crippen LogP) is 1.29. The van der Waals surface area contributed by atoms with E-state index in [1.165, 1.54) is 18.4 Å². The van der Waals surface area contributed by atoms with Crippen LogP contribution in [0.25, 0.3) is 0 Å². The van der Waals surface area contributed by atoms with Crippen molar-refractivity contribution >= 4 is 55.6 Å². The fourth-order valence-electron chi connectivity index (χ4n) is 2.14. The van der Waals surface area contributed by atoms with E-state index in [-0.39, 0.29) is 29.8 Å². The number of nitrogens with one attached hydrogen (secondary N) is 1. The van der Waals surface area contributed by atoms with Gasteiger partial charge < -0.3 is 10.2 Å². The molecule has 1 aliphatic rings. The van der Waals surface area contributed by atoms with Crippen LogP contribution >= 0.6 is 39.7 Å². The first-order valence-electron chi connectivity index (χ1n) is 6.53. The third-order valence-electron chi connectivity index (χ3n) is 3.36. The second-order valence-corrected chi connectivity index (χ2v) is 9.51. The van der Waals surface area contributed by atoms with Crippen LogP contribution in [0.3, 0.4) is 0 Å². The number of carbonyl (C=O) groups excluding carboxylic acids is 1. The molecule has 0 saturated carbocycles. The van der Waals surface area contributed by atoms with Crippen LogP contribution in [0.4, 0.5) is 0 Å². The van der Waals surface area contributed by atoms with E-state index in [0.29, 0.717) is 18.0 Å². The summed E-state index contributed by atoms with van der Waals surface area (Å²) in [4.78, 5) is 14.8. The zero-order valence-corrected chi connectivity index (χ0v) is 16.4. The third-order valence-corrected chi connectivity index (χ3v) is 6.97. The maximum Gasteiger partial charge on any atom is 0.244 e. The number of carbonyl (C=O) groups is 1. The Kier molecular flexibility index (Phi) is 7.28. The first-order valence-corrected chi connectivity index (χ1v) is 9.58. The minimum absolute atomic E-state index is 0. The van der Waals surface area contributed by atoms with Crippen molar-refractivity contribution in [2.24, 2.45) is 0 Å². The minimum atomic E-state index is -3.63. The Bertz CT molecular complexity index is 630. The molecule has 22 heavy (non-hydrogen) atoms. The van der Waals surface area contributed by atoms with E-state index in [0.717, 1.165) is 21.2 Å². The van der Waals surface area contributed by atoms with E-state index in [1.54, 1.807) is 17.9 Å². The molecule has 1 N–H and O–H groups in total. The predicted molar refractivity (Wildman–Crippen MR) is 93.3 cm³/mol. The first kappa shape index (κ1) is 19.9. The van der Waals surface area contributed by atoms with Gasteiger partial charge in [-0.1, -0.05) is 0 Å². The molecule has 1 aromatic rings. The molecule has 1 aromatic heterocycles. The lowest BCUT2D eigenvalue weighted by Crippen LogP contribution is -2.49. The molecule has 1 aliphatic heterocycles. The Morgan fingerprint density at radius 3 is 2.55 bits per heavy atom. The highest BCUT2D eigenvalue weighted by Crippen LogP contribution is 2.31. The molecule has 126 valence electrons. The molecular weight excluding hydrogens is 414 g/mol. The highest BCUT2D eigenvalue weighted by atomic mass is 79.9. The number of likely N-dealkylation sites (N-methyl/N-ethyl adjacent to an activating group) is 1. The largest absolute Gasteiger partial charge is 0.339 e. The lowest BCUT2D eigenvalue weighted by molar-refractivity contribution is -0.131. The zero-order chi connectivity index (χ0) is 15.6. The molecule has 1 fully saturated rings. The van der Waals surface area contributed by atoms with Gasteiger partial charge in [0.15, 0.2) is 0 Å². The Morgan fingerprint density at radius 1 is 1.45 bits per heavy atom. The van der Waals surface area contributed by atoms with Crippen molar-refractivity contribution in [2.75, 3.05) is 39.8 Å². The molecule has 6 nitrogen and oxygen atoms in total. The van der Waals surface area contributed by atoms with Crippen LogP contribution in [0.1, 0.15) is 4.88 Å². The smallest absolute Gasteiger partial charge is 0.244 e. The van der Waals surface area contributed by atoms with Crippen molar-refractivity contribution < 1.29 is 13.2 Å². The summed E-state index contributed by atoms with van der Waals surface area (Å²) in [5.74, 6) is -0.158. The van der Waals surface area contributed by atoms with Crippen molar-refractivity contribution in [1.82, 2.24) is 14.5 Å². The summed E-state index contributed by atoms with van der Waals surface area (Å²) in [5, 5.41) is 3.16. The van der Waals surface area contributed by atoms with Crippen LogP contribution in [-0.2, 0) is 14.8 Å². The number of sulfonamides is 1. The van der Waals surface area contributed by atoms with E-state index < -0.39 is 10.0 Å². The highest BCUT2D eigenvalue weighted by Gasteiger charge is 2.28. The summed E-state index contributed by atoms with van der Waals surface area (Å²) in [7, 11) is -2.19. The van der Waals surface area contributed by atoms with Gasteiger partial charge >= 0.3 is 0 Å². The van der Waals surface area contributed by atoms with Crippen LogP contribution in [0.15, 0.2) is 14.7 Å². The summed E-state index contributed by atoms with van der Waals surface area (Å²) >= 11 is 4.66. The summed E-state index contributed by atoms with van der Waals surface area (Å²) in [6.45, 7) is 4.37. The Balaban J connectivity index is 0.00000242. The number of hydrogen-bond acceptors (Lipinski definition) is 5. The molecule has 1 saturated heterocycles. The van der Waals surface area contributed by atoms with Gasteiger partial charge in [0.2, 0.25) is 15.9 Å². The molecule has 2 rings (SSSR count). The summed E-state index contributed by atoms with van der Waals surface area (Å²) in [5.41, 5.74) is 0. The van der Waals surface area contributed by atoms with Crippen molar-refractivity contribution in [3.63, 3.8) is 0 Å². The minimum Gasteiger partial charge on any atom is -0.339 e. The van der Waals surface area contributed by atoms with Crippen molar-refractivity contribution in [2.45, 2.75) is 11.8 Å². The number of halogens is 2. The van der Waals surface area contributed by atoms with Gasteiger partial charge in [0, 0.05) is 38.1 Å². The van der Waals surface area contributed by atoms with E-state index in [1.807, 2.05) is 0 Å². The van der Waals surface area contributed by atoms with E-state index in [2.05, 4.69) is 21.2 Å². The van der Waals surface area contributed by atoms with Gasteiger partial charge in [-0.15, -0.1) is 23.7 Å². The molecule has 1 amide bonds. The number of rotatable bonds is 4. The van der Waals surface area contributed by atoms with Crippen molar-refractivity contribution in [3.8, 4) is 0 Å². The maximum atomic E-state index is 12.5. The van der Waals surface area contributed by atoms with Gasteiger partial charge in [-0.3, -0.25) is 4.79 Å². The molecule has 2 heterocycles. The van der Waals surface area contributed by atoms with Crippen LogP contribution in [0.5, 0.6) is 0 Å². The average Bonchev–Trinajstić information content (AvgIpc) is 2.79. The van der Waals surface area contributed by atoms with Crippen LogP contribution in [-0.4, -0.2) is 63.3 Å².